The molecule has 0 aliphatic rings. The van der Waals surface area contributed by atoms with E-state index in [1.165, 1.54) is 24.5 Å². The molecule has 0 saturated carbocycles. The van der Waals surface area contributed by atoms with Crippen LogP contribution < -0.4 is 16.2 Å². The Morgan fingerprint density at radius 3 is 2.78 bits per heavy atom. The summed E-state index contributed by atoms with van der Waals surface area (Å²) in [6.45, 7) is 0. The Morgan fingerprint density at radius 2 is 2.11 bits per heavy atom. The van der Waals surface area contributed by atoms with Gasteiger partial charge in [-0.15, -0.1) is 0 Å². The third-order valence-electron chi connectivity index (χ3n) is 2.04. The number of ether oxygens (including phenoxy) is 1. The third kappa shape index (κ3) is 2.67. The molecule has 0 fully saturated rings. The highest BCUT2D eigenvalue weighted by Crippen LogP contribution is 2.26. The Bertz CT molecular complexity index is 603. The maximum absolute atomic E-state index is 11.0. The van der Waals surface area contributed by atoms with Crippen molar-refractivity contribution in [3.8, 4) is 11.6 Å². The number of hydrogen-bond donors (Lipinski definition) is 2. The van der Waals surface area contributed by atoms with Crippen LogP contribution >= 0.6 is 11.6 Å². The number of nitrogens with two attached hydrogens (primary N) is 2. The van der Waals surface area contributed by atoms with E-state index < -0.39 is 5.91 Å². The van der Waals surface area contributed by atoms with E-state index in [0.29, 0.717) is 10.8 Å². The van der Waals surface area contributed by atoms with Crippen molar-refractivity contribution in [2.45, 2.75) is 0 Å². The van der Waals surface area contributed by atoms with Crippen molar-refractivity contribution < 1.29 is 9.53 Å². The van der Waals surface area contributed by atoms with E-state index in [4.69, 9.17) is 27.8 Å². The van der Waals surface area contributed by atoms with Gasteiger partial charge in [0.2, 0.25) is 5.88 Å². The molecule has 0 spiro atoms. The van der Waals surface area contributed by atoms with Crippen LogP contribution in [0.4, 0.5) is 5.69 Å². The van der Waals surface area contributed by atoms with Crippen LogP contribution in [0.3, 0.4) is 0 Å². The Hall–Kier alpha value is -2.34. The number of amides is 1. The van der Waals surface area contributed by atoms with Crippen LogP contribution in [0.2, 0.25) is 5.02 Å². The van der Waals surface area contributed by atoms with Crippen LogP contribution in [-0.4, -0.2) is 15.9 Å². The van der Waals surface area contributed by atoms with Gasteiger partial charge in [0, 0.05) is 12.3 Å². The van der Waals surface area contributed by atoms with Gasteiger partial charge in [-0.2, -0.15) is 0 Å². The minimum atomic E-state index is -0.663. The summed E-state index contributed by atoms with van der Waals surface area (Å²) in [5.41, 5.74) is 11.1. The standard InChI is InChI=1S/C11H9ClN4O2/c12-6-3-7(5-15-4-6)18-11-8(13)1-2-9(16-11)10(14)17/h1-5H,13H2,(H2,14,17). The van der Waals surface area contributed by atoms with E-state index in [1.54, 1.807) is 6.07 Å². The summed E-state index contributed by atoms with van der Waals surface area (Å²) in [6, 6.07) is 4.45. The lowest BCUT2D eigenvalue weighted by Crippen LogP contribution is -2.13. The Kier molecular flexibility index (Phi) is 3.29. The summed E-state index contributed by atoms with van der Waals surface area (Å²) in [4.78, 5) is 18.8. The molecule has 0 atom stereocenters. The zero-order valence-corrected chi connectivity index (χ0v) is 9.89. The molecule has 0 aliphatic heterocycles. The number of rotatable bonds is 3. The molecule has 0 aliphatic carbocycles. The number of aromatic nitrogens is 2. The first-order valence-corrected chi connectivity index (χ1v) is 5.29. The average Bonchev–Trinajstić information content (AvgIpc) is 2.31. The molecule has 0 bridgehead atoms. The van der Waals surface area contributed by atoms with E-state index in [0.717, 1.165) is 0 Å². The first-order chi connectivity index (χ1) is 8.56. The Balaban J connectivity index is 2.33. The van der Waals surface area contributed by atoms with Crippen LogP contribution in [0, 0.1) is 0 Å². The fourth-order valence-corrected chi connectivity index (χ4v) is 1.39. The van der Waals surface area contributed by atoms with Crippen molar-refractivity contribution in [2.75, 3.05) is 5.73 Å². The van der Waals surface area contributed by atoms with Gasteiger partial charge in [-0.05, 0) is 12.1 Å². The number of carbonyl (C=O) groups excluding carboxylic acids is 1. The monoisotopic (exact) mass is 264 g/mol. The lowest BCUT2D eigenvalue weighted by atomic mass is 10.3. The zero-order chi connectivity index (χ0) is 13.1. The van der Waals surface area contributed by atoms with Gasteiger partial charge >= 0.3 is 0 Å². The van der Waals surface area contributed by atoms with Gasteiger partial charge in [-0.25, -0.2) is 4.98 Å². The molecule has 4 N–H and O–H groups in total. The summed E-state index contributed by atoms with van der Waals surface area (Å²) in [6.07, 6.45) is 2.91. The summed E-state index contributed by atoms with van der Waals surface area (Å²) in [5, 5.41) is 0.414. The number of hydrogen-bond acceptors (Lipinski definition) is 5. The van der Waals surface area contributed by atoms with Crippen LogP contribution in [0.5, 0.6) is 11.6 Å². The molecule has 0 radical (unpaired) electrons. The number of carbonyl (C=O) groups is 1. The number of nitrogens with zero attached hydrogens (tertiary/aromatic N) is 2. The van der Waals surface area contributed by atoms with Crippen LogP contribution in [0.15, 0.2) is 30.6 Å². The van der Waals surface area contributed by atoms with Gasteiger partial charge in [0.15, 0.2) is 0 Å². The van der Waals surface area contributed by atoms with Crippen molar-refractivity contribution in [1.82, 2.24) is 9.97 Å². The van der Waals surface area contributed by atoms with Crippen molar-refractivity contribution in [3.05, 3.63) is 41.3 Å². The molecular weight excluding hydrogens is 256 g/mol. The summed E-state index contributed by atoms with van der Waals surface area (Å²) in [7, 11) is 0. The fraction of sp³-hybridized carbons (Fsp3) is 0. The second-order valence-corrected chi connectivity index (χ2v) is 3.83. The quantitative estimate of drug-likeness (QED) is 0.876. The van der Waals surface area contributed by atoms with Crippen LogP contribution in [0.25, 0.3) is 0 Å². The van der Waals surface area contributed by atoms with Gasteiger partial charge in [-0.1, -0.05) is 11.6 Å². The molecule has 0 aromatic carbocycles. The number of anilines is 1. The summed E-state index contributed by atoms with van der Waals surface area (Å²) < 4.78 is 5.39. The SMILES string of the molecule is NC(=O)c1ccc(N)c(Oc2cncc(Cl)c2)n1. The van der Waals surface area contributed by atoms with Gasteiger partial charge in [0.05, 0.1) is 16.9 Å². The molecule has 2 aromatic heterocycles. The largest absolute Gasteiger partial charge is 0.435 e. The van der Waals surface area contributed by atoms with Gasteiger partial charge in [-0.3, -0.25) is 9.78 Å². The maximum Gasteiger partial charge on any atom is 0.267 e. The molecule has 2 heterocycles. The van der Waals surface area contributed by atoms with Gasteiger partial charge in [0.25, 0.3) is 5.91 Å². The fourth-order valence-electron chi connectivity index (χ4n) is 1.23. The molecule has 92 valence electrons. The Morgan fingerprint density at radius 1 is 1.33 bits per heavy atom. The zero-order valence-electron chi connectivity index (χ0n) is 9.13. The first kappa shape index (κ1) is 12.1. The van der Waals surface area contributed by atoms with Crippen molar-refractivity contribution >= 4 is 23.2 Å². The predicted octanol–water partition coefficient (Wildman–Crippen LogP) is 1.60. The van der Waals surface area contributed by atoms with E-state index in [1.807, 2.05) is 0 Å². The highest BCUT2D eigenvalue weighted by Gasteiger charge is 2.09. The van der Waals surface area contributed by atoms with Gasteiger partial charge in [0.1, 0.15) is 11.4 Å². The van der Waals surface area contributed by atoms with E-state index in [-0.39, 0.29) is 17.3 Å². The maximum atomic E-state index is 11.0. The highest BCUT2D eigenvalue weighted by atomic mass is 35.5. The summed E-state index contributed by atoms with van der Waals surface area (Å²) in [5.74, 6) is -0.220. The molecule has 7 heteroatoms. The lowest BCUT2D eigenvalue weighted by molar-refractivity contribution is 0.0995. The normalized spacial score (nSPS) is 10.1. The van der Waals surface area contributed by atoms with Crippen molar-refractivity contribution in [1.29, 1.82) is 0 Å². The number of primary amides is 1. The topological polar surface area (TPSA) is 104 Å². The first-order valence-electron chi connectivity index (χ1n) is 4.91. The molecule has 2 aromatic rings. The van der Waals surface area contributed by atoms with Crippen molar-refractivity contribution in [3.63, 3.8) is 0 Å². The Labute approximate surface area is 108 Å². The number of halogens is 1. The summed E-state index contributed by atoms with van der Waals surface area (Å²) >= 11 is 5.76. The molecule has 0 unspecified atom stereocenters. The molecule has 1 amide bonds. The number of pyridine rings is 2. The molecule has 2 rings (SSSR count). The third-order valence-corrected chi connectivity index (χ3v) is 2.24. The molecule has 0 saturated heterocycles. The lowest BCUT2D eigenvalue weighted by Gasteiger charge is -2.07. The van der Waals surface area contributed by atoms with Crippen LogP contribution in [-0.2, 0) is 0 Å². The highest BCUT2D eigenvalue weighted by molar-refractivity contribution is 6.30. The molecule has 6 nitrogen and oxygen atoms in total. The average molecular weight is 265 g/mol. The predicted molar refractivity (Wildman–Crippen MR) is 66.5 cm³/mol. The second-order valence-electron chi connectivity index (χ2n) is 3.40. The molecule has 18 heavy (non-hydrogen) atoms. The number of nitrogen functional groups attached to an aromatic ring is 1. The van der Waals surface area contributed by atoms with Gasteiger partial charge < -0.3 is 16.2 Å². The smallest absolute Gasteiger partial charge is 0.267 e. The minimum Gasteiger partial charge on any atom is -0.435 e. The van der Waals surface area contributed by atoms with Crippen LogP contribution in [0.1, 0.15) is 10.5 Å². The van der Waals surface area contributed by atoms with E-state index in [9.17, 15) is 4.79 Å². The molecular formula is C11H9ClN4O2. The van der Waals surface area contributed by atoms with E-state index >= 15 is 0 Å². The second kappa shape index (κ2) is 4.89. The minimum absolute atomic E-state index is 0.0641. The van der Waals surface area contributed by atoms with Crippen molar-refractivity contribution in [2.24, 2.45) is 5.73 Å². The van der Waals surface area contributed by atoms with E-state index in [2.05, 4.69) is 9.97 Å².